The Balaban J connectivity index is 2.38. The summed E-state index contributed by atoms with van der Waals surface area (Å²) in [7, 11) is 0. The van der Waals surface area contributed by atoms with E-state index in [1.165, 1.54) is 0 Å². The molecule has 90 valence electrons. The van der Waals surface area contributed by atoms with Crippen molar-refractivity contribution < 1.29 is 18.0 Å². The molecule has 1 rings (SSSR count). The minimum atomic E-state index is -4.48. The summed E-state index contributed by atoms with van der Waals surface area (Å²) < 4.78 is 36.3. The third-order valence-electron chi connectivity index (χ3n) is 1.37. The van der Waals surface area contributed by atoms with Crippen LogP contribution in [0.15, 0.2) is 0 Å². The van der Waals surface area contributed by atoms with Crippen molar-refractivity contribution in [3.63, 3.8) is 0 Å². The van der Waals surface area contributed by atoms with E-state index < -0.39 is 17.2 Å². The highest BCUT2D eigenvalue weighted by Crippen LogP contribution is 2.32. The van der Waals surface area contributed by atoms with Gasteiger partial charge in [0, 0.05) is 13.1 Å². The molecule has 0 bridgehead atoms. The zero-order valence-electron chi connectivity index (χ0n) is 7.84. The number of nitrogens with two attached hydrogens (primary N) is 1. The molecule has 0 aliphatic rings. The van der Waals surface area contributed by atoms with Gasteiger partial charge in [-0.05, 0) is 0 Å². The van der Waals surface area contributed by atoms with Crippen molar-refractivity contribution in [3.8, 4) is 0 Å². The van der Waals surface area contributed by atoms with Gasteiger partial charge in [-0.2, -0.15) is 13.2 Å². The smallest absolute Gasteiger partial charge is 0.358 e. The van der Waals surface area contributed by atoms with Gasteiger partial charge in [-0.15, -0.1) is 10.2 Å². The minimum Gasteiger partial charge on any atom is -0.358 e. The molecule has 0 atom stereocenters. The van der Waals surface area contributed by atoms with Crippen LogP contribution in [0, 0.1) is 0 Å². The molecule has 1 aromatic heterocycles. The third-order valence-corrected chi connectivity index (χ3v) is 2.29. The molecule has 0 radical (unpaired) electrons. The van der Waals surface area contributed by atoms with Crippen molar-refractivity contribution in [2.45, 2.75) is 6.18 Å². The van der Waals surface area contributed by atoms with Crippen molar-refractivity contribution in [3.05, 3.63) is 5.01 Å². The van der Waals surface area contributed by atoms with Crippen LogP contribution < -0.4 is 16.4 Å². The Kier molecular flexibility index (Phi) is 3.88. The lowest BCUT2D eigenvalue weighted by Crippen LogP contribution is -2.33. The van der Waals surface area contributed by atoms with Crippen LogP contribution in [0.25, 0.3) is 0 Å². The number of nitrogens with one attached hydrogen (secondary N) is 2. The van der Waals surface area contributed by atoms with E-state index in [-0.39, 0.29) is 18.2 Å². The Morgan fingerprint density at radius 1 is 1.38 bits per heavy atom. The average molecular weight is 255 g/mol. The Bertz CT molecular complexity index is 365. The number of hydrogen-bond acceptors (Lipinski definition) is 5. The first kappa shape index (κ1) is 12.5. The second-order valence-electron chi connectivity index (χ2n) is 2.63. The predicted molar refractivity (Wildman–Crippen MR) is 51.0 cm³/mol. The Morgan fingerprint density at radius 2 is 2.06 bits per heavy atom. The lowest BCUT2D eigenvalue weighted by Gasteiger charge is -2.01. The number of primary amides is 1. The number of hydrogen-bond donors (Lipinski definition) is 3. The molecule has 0 spiro atoms. The van der Waals surface area contributed by atoms with E-state index in [9.17, 15) is 18.0 Å². The lowest BCUT2D eigenvalue weighted by atomic mass is 10.6. The summed E-state index contributed by atoms with van der Waals surface area (Å²) in [6, 6.07) is -0.699. The van der Waals surface area contributed by atoms with Gasteiger partial charge in [-0.25, -0.2) is 4.79 Å². The van der Waals surface area contributed by atoms with Crippen LogP contribution in [0.3, 0.4) is 0 Å². The van der Waals surface area contributed by atoms with Gasteiger partial charge in [0.2, 0.25) is 10.1 Å². The van der Waals surface area contributed by atoms with E-state index in [0.29, 0.717) is 11.3 Å². The molecule has 1 heterocycles. The largest absolute Gasteiger partial charge is 0.445 e. The molecule has 0 aliphatic heterocycles. The zero-order valence-corrected chi connectivity index (χ0v) is 8.65. The topological polar surface area (TPSA) is 92.9 Å². The van der Waals surface area contributed by atoms with E-state index in [4.69, 9.17) is 5.73 Å². The minimum absolute atomic E-state index is 0.0404. The van der Waals surface area contributed by atoms with Crippen LogP contribution in [0.4, 0.5) is 23.1 Å². The van der Waals surface area contributed by atoms with Crippen molar-refractivity contribution in [2.24, 2.45) is 5.73 Å². The molecule has 0 fully saturated rings. The maximum absolute atomic E-state index is 12.1. The van der Waals surface area contributed by atoms with Gasteiger partial charge in [-0.1, -0.05) is 11.3 Å². The van der Waals surface area contributed by atoms with Crippen LogP contribution in [-0.4, -0.2) is 29.3 Å². The Hall–Kier alpha value is -1.58. The summed E-state index contributed by atoms with van der Waals surface area (Å²) >= 11 is 0.396. The highest BCUT2D eigenvalue weighted by Gasteiger charge is 2.35. The van der Waals surface area contributed by atoms with Crippen molar-refractivity contribution >= 4 is 22.5 Å². The summed E-state index contributed by atoms with van der Waals surface area (Å²) in [5.41, 5.74) is 4.78. The van der Waals surface area contributed by atoms with Gasteiger partial charge < -0.3 is 16.4 Å². The fourth-order valence-corrected chi connectivity index (χ4v) is 1.40. The Morgan fingerprint density at radius 3 is 2.56 bits per heavy atom. The van der Waals surface area contributed by atoms with Crippen molar-refractivity contribution in [1.82, 2.24) is 15.5 Å². The van der Waals surface area contributed by atoms with Crippen molar-refractivity contribution in [1.29, 1.82) is 0 Å². The number of amides is 2. The molecule has 16 heavy (non-hydrogen) atoms. The van der Waals surface area contributed by atoms with E-state index in [2.05, 4.69) is 20.8 Å². The van der Waals surface area contributed by atoms with Gasteiger partial charge in [0.15, 0.2) is 0 Å². The molecule has 0 aromatic carbocycles. The van der Waals surface area contributed by atoms with E-state index in [1.54, 1.807) is 0 Å². The standard InChI is InChI=1S/C6H8F3N5OS/c7-6(8,9)3-13-14-5(16-3)12-2-1-11-4(10)15/h1-2H2,(H,12,14)(H3,10,11,15). The number of urea groups is 1. The van der Waals surface area contributed by atoms with Crippen molar-refractivity contribution in [2.75, 3.05) is 18.4 Å². The zero-order chi connectivity index (χ0) is 12.2. The molecule has 4 N–H and O–H groups in total. The fraction of sp³-hybridized carbons (Fsp3) is 0.500. The van der Waals surface area contributed by atoms with Crippen LogP contribution in [0.1, 0.15) is 5.01 Å². The molecule has 0 aliphatic carbocycles. The number of anilines is 1. The maximum Gasteiger partial charge on any atom is 0.445 e. The number of aromatic nitrogens is 2. The molecule has 0 saturated carbocycles. The number of nitrogens with zero attached hydrogens (tertiary/aromatic N) is 2. The first-order chi connectivity index (χ1) is 7.39. The first-order valence-corrected chi connectivity index (χ1v) is 4.89. The molecule has 1 aromatic rings. The number of carbonyl (C=O) groups is 1. The van der Waals surface area contributed by atoms with E-state index >= 15 is 0 Å². The molecule has 10 heteroatoms. The predicted octanol–water partition coefficient (Wildman–Crippen LogP) is 0.637. The number of halogens is 3. The third kappa shape index (κ3) is 3.88. The van der Waals surface area contributed by atoms with E-state index in [1.807, 2.05) is 0 Å². The lowest BCUT2D eigenvalue weighted by molar-refractivity contribution is -0.138. The summed E-state index contributed by atoms with van der Waals surface area (Å²) in [6.07, 6.45) is -4.48. The number of alkyl halides is 3. The number of rotatable bonds is 4. The second-order valence-corrected chi connectivity index (χ2v) is 3.61. The van der Waals surface area contributed by atoms with Crippen LogP contribution in [-0.2, 0) is 6.18 Å². The summed E-state index contributed by atoms with van der Waals surface area (Å²) in [4.78, 5) is 10.3. The molecular weight excluding hydrogens is 247 g/mol. The highest BCUT2D eigenvalue weighted by molar-refractivity contribution is 7.15. The SMILES string of the molecule is NC(=O)NCCNc1nnc(C(F)(F)F)s1. The molecule has 0 unspecified atom stereocenters. The maximum atomic E-state index is 12.1. The normalized spacial score (nSPS) is 11.2. The average Bonchev–Trinajstić information content (AvgIpc) is 2.59. The summed E-state index contributed by atoms with van der Waals surface area (Å²) in [5, 5.41) is 10.1. The van der Waals surface area contributed by atoms with Gasteiger partial charge in [0.25, 0.3) is 0 Å². The fourth-order valence-electron chi connectivity index (χ4n) is 0.764. The molecule has 0 saturated heterocycles. The van der Waals surface area contributed by atoms with Gasteiger partial charge in [-0.3, -0.25) is 0 Å². The van der Waals surface area contributed by atoms with Crippen LogP contribution >= 0.6 is 11.3 Å². The summed E-state index contributed by atoms with van der Waals surface area (Å²) in [5.74, 6) is 0. The highest BCUT2D eigenvalue weighted by atomic mass is 32.1. The number of carbonyl (C=O) groups excluding carboxylic acids is 1. The monoisotopic (exact) mass is 255 g/mol. The van der Waals surface area contributed by atoms with Gasteiger partial charge >= 0.3 is 12.2 Å². The Labute approximate surface area is 92.0 Å². The quantitative estimate of drug-likeness (QED) is 0.688. The van der Waals surface area contributed by atoms with E-state index in [0.717, 1.165) is 0 Å². The second kappa shape index (κ2) is 4.96. The van der Waals surface area contributed by atoms with Crippen LogP contribution in [0.5, 0.6) is 0 Å². The summed E-state index contributed by atoms with van der Waals surface area (Å²) in [6.45, 7) is 0.408. The van der Waals surface area contributed by atoms with Crippen LogP contribution in [0.2, 0.25) is 0 Å². The first-order valence-electron chi connectivity index (χ1n) is 4.07. The molecule has 2 amide bonds. The molecular formula is C6H8F3N5OS. The molecule has 6 nitrogen and oxygen atoms in total. The van der Waals surface area contributed by atoms with Gasteiger partial charge in [0.05, 0.1) is 0 Å². The van der Waals surface area contributed by atoms with Gasteiger partial charge in [0.1, 0.15) is 0 Å².